The van der Waals surface area contributed by atoms with Crippen molar-refractivity contribution in [2.24, 2.45) is 0 Å². The number of thiazole rings is 1. The highest BCUT2D eigenvalue weighted by molar-refractivity contribution is 7.85. The molecule has 0 aliphatic carbocycles. The smallest absolute Gasteiger partial charge is 0.323 e. The molecule has 0 saturated carbocycles. The molecule has 0 unspecified atom stereocenters. The summed E-state index contributed by atoms with van der Waals surface area (Å²) in [4.78, 5) is 59.2. The Morgan fingerprint density at radius 2 is 1.71 bits per heavy atom. The minimum absolute atomic E-state index is 0.0794. The Balaban J connectivity index is 1.60. The van der Waals surface area contributed by atoms with Gasteiger partial charge in [-0.3, -0.25) is 33.2 Å². The molecule has 254 valence electrons. The van der Waals surface area contributed by atoms with Crippen LogP contribution in [0.3, 0.4) is 0 Å². The molecule has 14 nitrogen and oxygen atoms in total. The maximum atomic E-state index is 13.8. The van der Waals surface area contributed by atoms with Crippen molar-refractivity contribution >= 4 is 86.0 Å². The maximum Gasteiger partial charge on any atom is 0.323 e. The zero-order chi connectivity index (χ0) is 35.5. The molecule has 1 aromatic carbocycles. The van der Waals surface area contributed by atoms with Crippen molar-refractivity contribution in [1.29, 1.82) is 0 Å². The van der Waals surface area contributed by atoms with Gasteiger partial charge in [0.25, 0.3) is 21.6 Å². The number of rotatable bonds is 11. The highest BCUT2D eigenvalue weighted by Gasteiger charge is 2.42. The van der Waals surface area contributed by atoms with Crippen molar-refractivity contribution in [1.82, 2.24) is 14.5 Å². The number of carbonyl (C=O) groups excluding carboxylic acids is 1. The van der Waals surface area contributed by atoms with Crippen LogP contribution in [0.4, 0.5) is 11.5 Å². The SMILES string of the molecule is CC(/C=c1\s/c(=C2\C(=O)N(c3ccccn3)C(=S)N2CC(=O)O)n(CC(=O)O)c1=O)=C\C=C1\C=Cc2ccccc2N1CCCS(=O)(=O)O. The number of amides is 1. The third kappa shape index (κ3) is 7.92. The zero-order valence-electron chi connectivity index (χ0n) is 25.8. The Morgan fingerprint density at radius 1 is 1.00 bits per heavy atom. The van der Waals surface area contributed by atoms with Gasteiger partial charge < -0.3 is 15.1 Å². The lowest BCUT2D eigenvalue weighted by Gasteiger charge is -2.30. The second kappa shape index (κ2) is 14.5. The molecule has 5 rings (SSSR count). The predicted molar refractivity (Wildman–Crippen MR) is 188 cm³/mol. The largest absolute Gasteiger partial charge is 0.480 e. The molecular formula is C32H29N5O9S3. The van der Waals surface area contributed by atoms with Crippen LogP contribution in [0.5, 0.6) is 0 Å². The summed E-state index contributed by atoms with van der Waals surface area (Å²) < 4.78 is 32.8. The number of para-hydroxylation sites is 1. The second-order valence-corrected chi connectivity index (χ2v) is 13.8. The normalized spacial score (nSPS) is 17.3. The van der Waals surface area contributed by atoms with Crippen molar-refractivity contribution < 1.29 is 37.6 Å². The van der Waals surface area contributed by atoms with Crippen LogP contribution < -0.4 is 24.6 Å². The average Bonchev–Trinajstić information content (AvgIpc) is 3.45. The summed E-state index contributed by atoms with van der Waals surface area (Å²) in [5, 5.41) is 19.1. The van der Waals surface area contributed by atoms with Crippen LogP contribution in [-0.4, -0.2) is 79.4 Å². The highest BCUT2D eigenvalue weighted by Crippen LogP contribution is 2.31. The minimum atomic E-state index is -4.15. The van der Waals surface area contributed by atoms with Gasteiger partial charge in [-0.25, -0.2) is 9.88 Å². The third-order valence-electron chi connectivity index (χ3n) is 7.31. The van der Waals surface area contributed by atoms with Crippen molar-refractivity contribution in [3.05, 3.63) is 103 Å². The number of carbonyl (C=O) groups is 3. The first-order chi connectivity index (χ1) is 23.2. The van der Waals surface area contributed by atoms with Gasteiger partial charge in [0, 0.05) is 24.1 Å². The molecule has 0 radical (unpaired) electrons. The van der Waals surface area contributed by atoms with Crippen LogP contribution in [0.1, 0.15) is 18.9 Å². The molecule has 17 heteroatoms. The molecule has 3 N–H and O–H groups in total. The Labute approximate surface area is 288 Å². The van der Waals surface area contributed by atoms with Crippen molar-refractivity contribution in [3.8, 4) is 0 Å². The first-order valence-corrected chi connectivity index (χ1v) is 17.4. The van der Waals surface area contributed by atoms with Crippen LogP contribution in [0.15, 0.2) is 83.0 Å². The molecule has 0 spiro atoms. The highest BCUT2D eigenvalue weighted by atomic mass is 32.2. The molecule has 1 fully saturated rings. The number of aromatic nitrogens is 2. The van der Waals surface area contributed by atoms with Crippen molar-refractivity contribution in [2.75, 3.05) is 28.6 Å². The van der Waals surface area contributed by atoms with Crippen molar-refractivity contribution in [3.63, 3.8) is 0 Å². The monoisotopic (exact) mass is 723 g/mol. The number of carboxylic acids is 2. The quantitative estimate of drug-likeness (QED) is 0.191. The summed E-state index contributed by atoms with van der Waals surface area (Å²) in [6.07, 6.45) is 10.3. The van der Waals surface area contributed by atoms with Crippen LogP contribution in [0.2, 0.25) is 0 Å². The second-order valence-electron chi connectivity index (χ2n) is 10.8. The lowest BCUT2D eigenvalue weighted by molar-refractivity contribution is -0.138. The van der Waals surface area contributed by atoms with Gasteiger partial charge in [-0.1, -0.05) is 36.4 Å². The summed E-state index contributed by atoms with van der Waals surface area (Å²) in [5.41, 5.74) is 2.05. The van der Waals surface area contributed by atoms with Gasteiger partial charge in [-0.2, -0.15) is 8.42 Å². The van der Waals surface area contributed by atoms with E-state index in [-0.39, 0.29) is 38.8 Å². The first-order valence-electron chi connectivity index (χ1n) is 14.6. The number of carboxylic acid groups (broad SMARTS) is 2. The van der Waals surface area contributed by atoms with E-state index >= 15 is 0 Å². The number of benzene rings is 1. The predicted octanol–water partition coefficient (Wildman–Crippen LogP) is 1.64. The molecule has 0 bridgehead atoms. The fourth-order valence-electron chi connectivity index (χ4n) is 5.23. The molecule has 1 amide bonds. The number of allylic oxidation sites excluding steroid dienone is 4. The van der Waals surface area contributed by atoms with E-state index in [0.29, 0.717) is 11.3 Å². The Bertz CT molecular complexity index is 2240. The van der Waals surface area contributed by atoms with Gasteiger partial charge in [0.1, 0.15) is 29.3 Å². The lowest BCUT2D eigenvalue weighted by atomic mass is 10.0. The average molecular weight is 724 g/mol. The van der Waals surface area contributed by atoms with Gasteiger partial charge in [-0.05, 0) is 73.1 Å². The van der Waals surface area contributed by atoms with E-state index < -0.39 is 52.4 Å². The molecule has 4 heterocycles. The molecular weight excluding hydrogens is 695 g/mol. The summed E-state index contributed by atoms with van der Waals surface area (Å²) >= 11 is 6.28. The number of hydrogen-bond acceptors (Lipinski definition) is 10. The molecule has 3 aromatic rings. The number of thiocarbonyl (C=S) groups is 1. The van der Waals surface area contributed by atoms with E-state index in [1.54, 1.807) is 31.2 Å². The van der Waals surface area contributed by atoms with Crippen LogP contribution in [0, 0.1) is 0 Å². The maximum absolute atomic E-state index is 13.8. The summed E-state index contributed by atoms with van der Waals surface area (Å²) in [6.45, 7) is 0.463. The van der Waals surface area contributed by atoms with Gasteiger partial charge in [0.2, 0.25) is 0 Å². The molecule has 1 saturated heterocycles. The number of anilines is 2. The van der Waals surface area contributed by atoms with Crippen LogP contribution in [-0.2, 0) is 31.0 Å². The third-order valence-corrected chi connectivity index (χ3v) is 9.63. The van der Waals surface area contributed by atoms with Crippen molar-refractivity contribution in [2.45, 2.75) is 19.9 Å². The van der Waals surface area contributed by atoms with Crippen LogP contribution >= 0.6 is 23.6 Å². The number of aliphatic carboxylic acids is 2. The summed E-state index contributed by atoms with van der Waals surface area (Å²) in [6, 6.07) is 12.3. The van der Waals surface area contributed by atoms with E-state index in [1.165, 1.54) is 18.3 Å². The number of pyridine rings is 1. The number of fused-ring (bicyclic) bond motifs is 1. The minimum Gasteiger partial charge on any atom is -0.480 e. The van der Waals surface area contributed by atoms with E-state index in [1.807, 2.05) is 41.3 Å². The lowest BCUT2D eigenvalue weighted by Crippen LogP contribution is -2.38. The molecule has 2 aliphatic heterocycles. The fraction of sp³-hybridized carbons (Fsp3) is 0.188. The summed E-state index contributed by atoms with van der Waals surface area (Å²) in [7, 11) is -4.15. The van der Waals surface area contributed by atoms with Gasteiger partial charge in [-0.15, -0.1) is 11.3 Å². The number of hydrogen-bond donors (Lipinski definition) is 3. The van der Waals surface area contributed by atoms with Gasteiger partial charge in [0.05, 0.1) is 10.3 Å². The first kappa shape index (κ1) is 35.1. The molecule has 2 aliphatic rings. The Hall–Kier alpha value is -5.23. The molecule has 49 heavy (non-hydrogen) atoms. The van der Waals surface area contributed by atoms with E-state index in [9.17, 15) is 42.4 Å². The van der Waals surface area contributed by atoms with E-state index in [2.05, 4.69) is 4.98 Å². The van der Waals surface area contributed by atoms with Crippen LogP contribution in [0.25, 0.3) is 17.8 Å². The Morgan fingerprint density at radius 3 is 2.39 bits per heavy atom. The fourth-order valence-corrected chi connectivity index (χ4v) is 7.25. The standard InChI is InChI=1S/C32H29N5O9S3/c1-20(10-12-22-13-11-21-7-2-3-8-23(21)34(22)15-6-16-49(44,45)46)17-24-29(42)36(19-27(40)41)31(48-24)28-30(43)37(25-9-4-5-14-33-25)32(47)35(28)18-26(38)39/h2-5,7-14,17H,6,15-16,18-19H2,1H3,(H,38,39)(H,40,41)(H,44,45,46)/b20-10+,22-12-,24-17-,31-28+. The molecule has 2 aromatic heterocycles. The van der Waals surface area contributed by atoms with E-state index in [4.69, 9.17) is 12.2 Å². The topological polar surface area (TPSA) is 191 Å². The summed E-state index contributed by atoms with van der Waals surface area (Å²) in [5.74, 6) is -3.74. The molecule has 0 atom stereocenters. The number of nitrogens with zero attached hydrogens (tertiary/aromatic N) is 5. The Kier molecular flexibility index (Phi) is 10.4. The zero-order valence-corrected chi connectivity index (χ0v) is 28.2. The van der Waals surface area contributed by atoms with E-state index in [0.717, 1.165) is 37.0 Å². The van der Waals surface area contributed by atoms with Gasteiger partial charge >= 0.3 is 11.9 Å². The van der Waals surface area contributed by atoms with Gasteiger partial charge in [0.15, 0.2) is 5.11 Å².